The lowest BCUT2D eigenvalue weighted by Gasteiger charge is -2.33. The van der Waals surface area contributed by atoms with Crippen LogP contribution in [-0.2, 0) is 11.3 Å². The molecule has 1 aliphatic rings. The number of piperazine rings is 1. The number of carbonyl (C=O) groups excluding carboxylic acids is 1. The highest BCUT2D eigenvalue weighted by atomic mass is 127. The van der Waals surface area contributed by atoms with E-state index in [0.29, 0.717) is 6.54 Å². The Bertz CT molecular complexity index is 361. The van der Waals surface area contributed by atoms with Gasteiger partial charge in [-0.25, -0.2) is 0 Å². The van der Waals surface area contributed by atoms with Gasteiger partial charge in [0, 0.05) is 55.3 Å². The summed E-state index contributed by atoms with van der Waals surface area (Å²) in [6, 6.07) is 10.6. The molecule has 1 saturated heterocycles. The molecule has 1 heterocycles. The maximum atomic E-state index is 11.0. The van der Waals surface area contributed by atoms with E-state index in [2.05, 4.69) is 34.1 Å². The molecule has 0 N–H and O–H groups in total. The number of benzene rings is 1. The second-order valence-electron chi connectivity index (χ2n) is 4.39. The van der Waals surface area contributed by atoms with Gasteiger partial charge < -0.3 is 0 Å². The molecule has 2 rings (SSSR count). The number of nitrogens with zero attached hydrogens (tertiary/aromatic N) is 2. The third-order valence-corrected chi connectivity index (χ3v) is 3.40. The summed E-state index contributed by atoms with van der Waals surface area (Å²) < 4.78 is 0.235. The Kier molecular flexibility index (Phi) is 4.94. The Balaban J connectivity index is 1.78. The van der Waals surface area contributed by atoms with Gasteiger partial charge in [0.2, 0.25) is 3.79 Å². The van der Waals surface area contributed by atoms with E-state index in [1.807, 2.05) is 28.7 Å². The molecule has 0 aliphatic carbocycles. The van der Waals surface area contributed by atoms with Gasteiger partial charge in [-0.05, 0) is 5.56 Å². The summed E-state index contributed by atoms with van der Waals surface area (Å²) in [6.07, 6.45) is 0. The molecule has 0 aromatic heterocycles. The minimum Gasteiger partial charge on any atom is -0.297 e. The average Bonchev–Trinajstić information content (AvgIpc) is 2.32. The molecule has 0 amide bonds. The first kappa shape index (κ1) is 13.0. The van der Waals surface area contributed by atoms with Crippen LogP contribution < -0.4 is 0 Å². The van der Waals surface area contributed by atoms with Crippen LogP contribution >= 0.6 is 22.6 Å². The van der Waals surface area contributed by atoms with Crippen molar-refractivity contribution in [2.24, 2.45) is 0 Å². The number of hydrogen-bond acceptors (Lipinski definition) is 3. The van der Waals surface area contributed by atoms with Crippen LogP contribution in [0.25, 0.3) is 0 Å². The predicted molar refractivity (Wildman–Crippen MR) is 77.2 cm³/mol. The topological polar surface area (TPSA) is 23.6 Å². The fourth-order valence-corrected chi connectivity index (χ4v) is 2.61. The minimum absolute atomic E-state index is 0.235. The Morgan fingerprint density at radius 3 is 2.24 bits per heavy atom. The first-order valence-corrected chi connectivity index (χ1v) is 6.99. The van der Waals surface area contributed by atoms with Crippen LogP contribution in [0.2, 0.25) is 0 Å². The van der Waals surface area contributed by atoms with E-state index in [0.717, 1.165) is 32.7 Å². The zero-order chi connectivity index (χ0) is 12.1. The van der Waals surface area contributed by atoms with Crippen LogP contribution in [0.3, 0.4) is 0 Å². The molecule has 3 nitrogen and oxygen atoms in total. The van der Waals surface area contributed by atoms with Crippen molar-refractivity contribution in [3.63, 3.8) is 0 Å². The molecule has 4 heteroatoms. The molecular weight excluding hydrogens is 327 g/mol. The quantitative estimate of drug-likeness (QED) is 0.614. The molecule has 17 heavy (non-hydrogen) atoms. The summed E-state index contributed by atoms with van der Waals surface area (Å²) in [4.78, 5) is 15.7. The molecule has 0 spiro atoms. The Labute approximate surface area is 116 Å². The lowest BCUT2D eigenvalue weighted by molar-refractivity contribution is -0.110. The van der Waals surface area contributed by atoms with Crippen LogP contribution in [0.1, 0.15) is 5.56 Å². The highest BCUT2D eigenvalue weighted by Crippen LogP contribution is 2.08. The maximum Gasteiger partial charge on any atom is 0.206 e. The zero-order valence-corrected chi connectivity index (χ0v) is 12.0. The van der Waals surface area contributed by atoms with E-state index in [9.17, 15) is 4.79 Å². The van der Waals surface area contributed by atoms with E-state index in [-0.39, 0.29) is 3.79 Å². The number of carbonyl (C=O) groups is 1. The molecular formula is C13H17IN2O. The van der Waals surface area contributed by atoms with Gasteiger partial charge in [0.15, 0.2) is 0 Å². The van der Waals surface area contributed by atoms with Gasteiger partial charge in [0.1, 0.15) is 0 Å². The van der Waals surface area contributed by atoms with Gasteiger partial charge in [0.25, 0.3) is 0 Å². The third kappa shape index (κ3) is 4.37. The Morgan fingerprint density at radius 2 is 1.65 bits per heavy atom. The molecule has 1 aromatic carbocycles. The highest BCUT2D eigenvalue weighted by molar-refractivity contribution is 14.1. The van der Waals surface area contributed by atoms with Crippen molar-refractivity contribution in [1.29, 1.82) is 0 Å². The van der Waals surface area contributed by atoms with Crippen LogP contribution in [0.4, 0.5) is 0 Å². The lowest BCUT2D eigenvalue weighted by atomic mass is 10.2. The molecule has 0 saturated carbocycles. The van der Waals surface area contributed by atoms with Gasteiger partial charge in [-0.2, -0.15) is 0 Å². The lowest BCUT2D eigenvalue weighted by Crippen LogP contribution is -2.46. The van der Waals surface area contributed by atoms with Crippen LogP contribution in [0.5, 0.6) is 0 Å². The van der Waals surface area contributed by atoms with E-state index < -0.39 is 0 Å². The average molecular weight is 344 g/mol. The van der Waals surface area contributed by atoms with E-state index in [4.69, 9.17) is 0 Å². The summed E-state index contributed by atoms with van der Waals surface area (Å²) >= 11 is 1.87. The third-order valence-electron chi connectivity index (χ3n) is 3.06. The van der Waals surface area contributed by atoms with Crippen molar-refractivity contribution < 1.29 is 4.79 Å². The smallest absolute Gasteiger partial charge is 0.206 e. The first-order valence-electron chi connectivity index (χ1n) is 5.91. The Morgan fingerprint density at radius 1 is 1.06 bits per heavy atom. The SMILES string of the molecule is O=C(I)CN1CCN(Cc2ccccc2)CC1. The summed E-state index contributed by atoms with van der Waals surface area (Å²) in [6.45, 7) is 5.73. The van der Waals surface area contributed by atoms with Gasteiger partial charge in [-0.1, -0.05) is 30.3 Å². The minimum atomic E-state index is 0.235. The summed E-state index contributed by atoms with van der Waals surface area (Å²) in [5.74, 6) is 0. The van der Waals surface area contributed by atoms with Crippen molar-refractivity contribution in [3.8, 4) is 0 Å². The van der Waals surface area contributed by atoms with Gasteiger partial charge in [-0.3, -0.25) is 14.6 Å². The van der Waals surface area contributed by atoms with Crippen molar-refractivity contribution in [2.75, 3.05) is 32.7 Å². The molecule has 0 bridgehead atoms. The van der Waals surface area contributed by atoms with Crippen molar-refractivity contribution >= 4 is 26.4 Å². The number of rotatable bonds is 4. The second kappa shape index (κ2) is 6.47. The fraction of sp³-hybridized carbons (Fsp3) is 0.462. The molecule has 0 unspecified atom stereocenters. The van der Waals surface area contributed by atoms with Gasteiger partial charge in [0.05, 0.1) is 6.54 Å². The predicted octanol–water partition coefficient (Wildman–Crippen LogP) is 1.77. The highest BCUT2D eigenvalue weighted by Gasteiger charge is 2.17. The van der Waals surface area contributed by atoms with Gasteiger partial charge >= 0.3 is 0 Å². The summed E-state index contributed by atoms with van der Waals surface area (Å²) in [5.41, 5.74) is 1.37. The number of halogens is 1. The molecule has 0 atom stereocenters. The first-order chi connectivity index (χ1) is 8.24. The van der Waals surface area contributed by atoms with Gasteiger partial charge in [-0.15, -0.1) is 0 Å². The standard InChI is InChI=1S/C13H17IN2O/c14-13(17)11-16-8-6-15(7-9-16)10-12-4-2-1-3-5-12/h1-5H,6-11H2. The van der Waals surface area contributed by atoms with Crippen molar-refractivity contribution in [2.45, 2.75) is 6.54 Å². The Hall–Kier alpha value is -0.460. The summed E-state index contributed by atoms with van der Waals surface area (Å²) in [7, 11) is 0. The molecule has 92 valence electrons. The largest absolute Gasteiger partial charge is 0.297 e. The van der Waals surface area contributed by atoms with Crippen LogP contribution in [0, 0.1) is 0 Å². The molecule has 1 fully saturated rings. The van der Waals surface area contributed by atoms with Crippen molar-refractivity contribution in [3.05, 3.63) is 35.9 Å². The molecule has 0 radical (unpaired) electrons. The monoisotopic (exact) mass is 344 g/mol. The fourth-order valence-electron chi connectivity index (χ4n) is 2.12. The normalized spacial score (nSPS) is 18.2. The summed E-state index contributed by atoms with van der Waals surface area (Å²) in [5, 5.41) is 0. The maximum absolute atomic E-state index is 11.0. The molecule has 1 aromatic rings. The zero-order valence-electron chi connectivity index (χ0n) is 9.81. The molecule has 1 aliphatic heterocycles. The van der Waals surface area contributed by atoms with Crippen molar-refractivity contribution in [1.82, 2.24) is 9.80 Å². The van der Waals surface area contributed by atoms with E-state index in [1.54, 1.807) is 0 Å². The second-order valence-corrected chi connectivity index (χ2v) is 5.60. The van der Waals surface area contributed by atoms with Crippen LogP contribution in [-0.4, -0.2) is 46.3 Å². The number of hydrogen-bond donors (Lipinski definition) is 0. The van der Waals surface area contributed by atoms with E-state index >= 15 is 0 Å². The van der Waals surface area contributed by atoms with E-state index in [1.165, 1.54) is 5.56 Å². The van der Waals surface area contributed by atoms with Crippen LogP contribution in [0.15, 0.2) is 30.3 Å².